The third-order valence-corrected chi connectivity index (χ3v) is 4.90. The lowest BCUT2D eigenvalue weighted by molar-refractivity contribution is 0.214. The zero-order valence-electron chi connectivity index (χ0n) is 15.0. The standard InChI is InChI=1S/C19H22N4O3/c1-11-9-13-10-14(3-4-17(13)26-11)22-19(25)23-7-5-15-16(6-8-23)20-12(2)21-18(15)24/h3-4,10-11H,5-9H2,1-2H3,(H,22,25)(H,20,21,24)/t11-/m1/s1. The van der Waals surface area contributed by atoms with E-state index in [9.17, 15) is 9.59 Å². The fraction of sp³-hybridized carbons (Fsp3) is 0.421. The quantitative estimate of drug-likeness (QED) is 0.820. The number of nitrogens with zero attached hydrogens (tertiary/aromatic N) is 2. The van der Waals surface area contributed by atoms with Gasteiger partial charge in [-0.25, -0.2) is 9.78 Å². The molecule has 26 heavy (non-hydrogen) atoms. The van der Waals surface area contributed by atoms with E-state index in [1.807, 2.05) is 25.1 Å². The van der Waals surface area contributed by atoms with Gasteiger partial charge in [0.1, 0.15) is 17.7 Å². The van der Waals surface area contributed by atoms with Gasteiger partial charge in [0.2, 0.25) is 0 Å². The number of amides is 2. The molecule has 1 atom stereocenters. The van der Waals surface area contributed by atoms with Crippen molar-refractivity contribution in [2.24, 2.45) is 0 Å². The van der Waals surface area contributed by atoms with E-state index in [-0.39, 0.29) is 17.7 Å². The number of rotatable bonds is 1. The molecule has 0 saturated carbocycles. The highest BCUT2D eigenvalue weighted by Gasteiger charge is 2.23. The van der Waals surface area contributed by atoms with E-state index in [1.54, 1.807) is 11.8 Å². The van der Waals surface area contributed by atoms with Crippen LogP contribution in [0.25, 0.3) is 0 Å². The van der Waals surface area contributed by atoms with Gasteiger partial charge < -0.3 is 19.9 Å². The van der Waals surface area contributed by atoms with Gasteiger partial charge in [-0.2, -0.15) is 0 Å². The van der Waals surface area contributed by atoms with Gasteiger partial charge in [-0.05, 0) is 44.0 Å². The molecular formula is C19H22N4O3. The van der Waals surface area contributed by atoms with Crippen molar-refractivity contribution in [1.29, 1.82) is 0 Å². The van der Waals surface area contributed by atoms with Crippen molar-refractivity contribution in [3.63, 3.8) is 0 Å². The lowest BCUT2D eigenvalue weighted by Gasteiger charge is -2.20. The van der Waals surface area contributed by atoms with Crippen molar-refractivity contribution in [2.75, 3.05) is 18.4 Å². The van der Waals surface area contributed by atoms with Crippen LogP contribution in [-0.2, 0) is 19.3 Å². The number of H-pyrrole nitrogens is 1. The van der Waals surface area contributed by atoms with Gasteiger partial charge in [-0.1, -0.05) is 0 Å². The number of fused-ring (bicyclic) bond motifs is 2. The monoisotopic (exact) mass is 354 g/mol. The van der Waals surface area contributed by atoms with E-state index in [4.69, 9.17) is 4.74 Å². The van der Waals surface area contributed by atoms with E-state index in [2.05, 4.69) is 15.3 Å². The molecule has 2 amide bonds. The van der Waals surface area contributed by atoms with Gasteiger partial charge in [-0.3, -0.25) is 4.79 Å². The average molecular weight is 354 g/mol. The summed E-state index contributed by atoms with van der Waals surface area (Å²) in [4.78, 5) is 33.7. The van der Waals surface area contributed by atoms with Crippen LogP contribution in [-0.4, -0.2) is 40.1 Å². The van der Waals surface area contributed by atoms with Crippen molar-refractivity contribution < 1.29 is 9.53 Å². The molecule has 7 heteroatoms. The minimum absolute atomic E-state index is 0.0949. The summed E-state index contributed by atoms with van der Waals surface area (Å²) in [6.07, 6.45) is 2.13. The van der Waals surface area contributed by atoms with Gasteiger partial charge in [0.05, 0.1) is 5.69 Å². The first kappa shape index (κ1) is 16.6. The topological polar surface area (TPSA) is 87.3 Å². The second kappa shape index (κ2) is 6.48. The van der Waals surface area contributed by atoms with Gasteiger partial charge in [0, 0.05) is 37.2 Å². The summed E-state index contributed by atoms with van der Waals surface area (Å²) >= 11 is 0. The largest absolute Gasteiger partial charge is 0.490 e. The molecule has 2 aliphatic heterocycles. The summed E-state index contributed by atoms with van der Waals surface area (Å²) in [6, 6.07) is 5.58. The number of aromatic amines is 1. The highest BCUT2D eigenvalue weighted by Crippen LogP contribution is 2.31. The molecule has 0 aliphatic carbocycles. The van der Waals surface area contributed by atoms with E-state index in [1.165, 1.54) is 0 Å². The third kappa shape index (κ3) is 3.16. The van der Waals surface area contributed by atoms with Crippen molar-refractivity contribution in [2.45, 2.75) is 39.2 Å². The molecule has 2 aromatic rings. The molecule has 0 unspecified atom stereocenters. The van der Waals surface area contributed by atoms with Crippen LogP contribution in [0.2, 0.25) is 0 Å². The van der Waals surface area contributed by atoms with Crippen LogP contribution >= 0.6 is 0 Å². The molecule has 7 nitrogen and oxygen atoms in total. The van der Waals surface area contributed by atoms with Crippen LogP contribution in [0, 0.1) is 6.92 Å². The van der Waals surface area contributed by atoms with Gasteiger partial charge in [-0.15, -0.1) is 0 Å². The highest BCUT2D eigenvalue weighted by atomic mass is 16.5. The van der Waals surface area contributed by atoms with E-state index in [0.29, 0.717) is 37.3 Å². The molecule has 0 bridgehead atoms. The number of anilines is 1. The van der Waals surface area contributed by atoms with Gasteiger partial charge in [0.25, 0.3) is 5.56 Å². The normalized spacial score (nSPS) is 18.5. The molecule has 2 aliphatic rings. The predicted octanol–water partition coefficient (Wildman–Crippen LogP) is 2.03. The van der Waals surface area contributed by atoms with Crippen molar-refractivity contribution in [1.82, 2.24) is 14.9 Å². The summed E-state index contributed by atoms with van der Waals surface area (Å²) in [5.74, 6) is 1.50. The molecule has 2 N–H and O–H groups in total. The molecule has 1 aromatic carbocycles. The van der Waals surface area contributed by atoms with Crippen LogP contribution < -0.4 is 15.6 Å². The first-order valence-corrected chi connectivity index (χ1v) is 8.94. The molecule has 3 heterocycles. The van der Waals surface area contributed by atoms with E-state index < -0.39 is 0 Å². The van der Waals surface area contributed by atoms with Crippen LogP contribution in [0.15, 0.2) is 23.0 Å². The minimum Gasteiger partial charge on any atom is -0.490 e. The number of aromatic nitrogens is 2. The number of nitrogens with one attached hydrogen (secondary N) is 2. The molecule has 4 rings (SSSR count). The first-order chi connectivity index (χ1) is 12.5. The number of carbonyl (C=O) groups is 1. The van der Waals surface area contributed by atoms with Crippen molar-refractivity contribution in [3.8, 4) is 5.75 Å². The Morgan fingerprint density at radius 2 is 2.15 bits per heavy atom. The number of urea groups is 1. The Bertz CT molecular complexity index is 921. The Morgan fingerprint density at radius 1 is 1.35 bits per heavy atom. The maximum atomic E-state index is 12.7. The average Bonchev–Trinajstić information content (AvgIpc) is 2.81. The zero-order valence-corrected chi connectivity index (χ0v) is 15.0. The van der Waals surface area contributed by atoms with Crippen molar-refractivity contribution in [3.05, 3.63) is 51.2 Å². The van der Waals surface area contributed by atoms with E-state index in [0.717, 1.165) is 29.1 Å². The molecule has 136 valence electrons. The maximum Gasteiger partial charge on any atom is 0.321 e. The molecule has 0 radical (unpaired) electrons. The van der Waals surface area contributed by atoms with Crippen LogP contribution in [0.4, 0.5) is 10.5 Å². The maximum absolute atomic E-state index is 12.7. The number of hydrogen-bond donors (Lipinski definition) is 2. The third-order valence-electron chi connectivity index (χ3n) is 4.90. The molecule has 1 aromatic heterocycles. The number of hydrogen-bond acceptors (Lipinski definition) is 4. The first-order valence-electron chi connectivity index (χ1n) is 8.94. The summed E-state index contributed by atoms with van der Waals surface area (Å²) in [5.41, 5.74) is 3.27. The number of aryl methyl sites for hydroxylation is 1. The Morgan fingerprint density at radius 3 is 3.00 bits per heavy atom. The summed E-state index contributed by atoms with van der Waals surface area (Å²) < 4.78 is 5.69. The number of carbonyl (C=O) groups excluding carboxylic acids is 1. The number of ether oxygens (including phenoxy) is 1. The Labute approximate surface area is 151 Å². The SMILES string of the molecule is Cc1nc2c(c(=O)[nH]1)CCN(C(=O)Nc1ccc3c(c1)C[C@@H](C)O3)CC2. The molecule has 0 spiro atoms. The lowest BCUT2D eigenvalue weighted by Crippen LogP contribution is -2.37. The summed E-state index contributed by atoms with van der Waals surface area (Å²) in [5, 5.41) is 2.96. The molecular weight excluding hydrogens is 332 g/mol. The van der Waals surface area contributed by atoms with Crippen LogP contribution in [0.1, 0.15) is 29.6 Å². The summed E-state index contributed by atoms with van der Waals surface area (Å²) in [7, 11) is 0. The fourth-order valence-electron chi connectivity index (χ4n) is 3.64. The van der Waals surface area contributed by atoms with Gasteiger partial charge >= 0.3 is 6.03 Å². The fourth-order valence-corrected chi connectivity index (χ4v) is 3.64. The van der Waals surface area contributed by atoms with E-state index >= 15 is 0 Å². The second-order valence-corrected chi connectivity index (χ2v) is 6.95. The van der Waals surface area contributed by atoms with Crippen LogP contribution in [0.3, 0.4) is 0 Å². The smallest absolute Gasteiger partial charge is 0.321 e. The molecule has 0 fully saturated rings. The lowest BCUT2D eigenvalue weighted by atomic mass is 10.1. The van der Waals surface area contributed by atoms with Crippen molar-refractivity contribution >= 4 is 11.7 Å². The van der Waals surface area contributed by atoms with Crippen LogP contribution in [0.5, 0.6) is 5.75 Å². The van der Waals surface area contributed by atoms with Gasteiger partial charge in [0.15, 0.2) is 0 Å². The Kier molecular flexibility index (Phi) is 4.14. The second-order valence-electron chi connectivity index (χ2n) is 6.95. The zero-order chi connectivity index (χ0) is 18.3. The predicted molar refractivity (Wildman–Crippen MR) is 97.8 cm³/mol. The highest BCUT2D eigenvalue weighted by molar-refractivity contribution is 5.89. The number of benzene rings is 1. The molecule has 0 saturated heterocycles. The Hall–Kier alpha value is -2.83. The Balaban J connectivity index is 1.46. The summed E-state index contributed by atoms with van der Waals surface area (Å²) in [6.45, 7) is 4.84. The minimum atomic E-state index is -0.155.